The van der Waals surface area contributed by atoms with Gasteiger partial charge in [-0.2, -0.15) is 0 Å². The molecule has 0 bridgehead atoms. The van der Waals surface area contributed by atoms with Crippen molar-refractivity contribution in [2.45, 2.75) is 19.5 Å². The predicted octanol–water partition coefficient (Wildman–Crippen LogP) is 5.15. The lowest BCUT2D eigenvalue weighted by Gasteiger charge is -2.22. The number of nitrogens with zero attached hydrogens (tertiary/aromatic N) is 3. The third-order valence-corrected chi connectivity index (χ3v) is 4.68. The second-order valence-corrected chi connectivity index (χ2v) is 6.29. The number of aryl methyl sites for hydroxylation is 1. The summed E-state index contributed by atoms with van der Waals surface area (Å²) in [6.45, 7) is 3.11. The van der Waals surface area contributed by atoms with Gasteiger partial charge in [0.15, 0.2) is 0 Å². The number of hydrogen-bond donors (Lipinski definition) is 0. The number of imidazole rings is 1. The van der Waals surface area contributed by atoms with Gasteiger partial charge in [-0.3, -0.25) is 0 Å². The molecule has 0 aliphatic rings. The van der Waals surface area contributed by atoms with Crippen molar-refractivity contribution in [1.82, 2.24) is 14.1 Å². The number of para-hydroxylation sites is 1. The van der Waals surface area contributed by atoms with E-state index in [2.05, 4.69) is 57.6 Å². The lowest BCUT2D eigenvalue weighted by atomic mass is 9.96. The van der Waals surface area contributed by atoms with E-state index in [-0.39, 0.29) is 6.04 Å². The van der Waals surface area contributed by atoms with Crippen molar-refractivity contribution in [3.63, 3.8) is 0 Å². The fraction of sp³-hybridized carbons (Fsp3) is 0.150. The molecule has 0 aliphatic heterocycles. The highest BCUT2D eigenvalue weighted by atomic mass is 35.5. The molecule has 3 nitrogen and oxygen atoms in total. The molecule has 4 rings (SSSR count). The van der Waals surface area contributed by atoms with E-state index < -0.39 is 0 Å². The summed E-state index contributed by atoms with van der Waals surface area (Å²) in [6, 6.07) is 16.7. The molecule has 0 fully saturated rings. The van der Waals surface area contributed by atoms with Gasteiger partial charge in [0.2, 0.25) is 0 Å². The van der Waals surface area contributed by atoms with Crippen LogP contribution < -0.4 is 0 Å². The van der Waals surface area contributed by atoms with Crippen LogP contribution in [0, 0.1) is 0 Å². The molecule has 0 spiro atoms. The molecule has 0 amide bonds. The van der Waals surface area contributed by atoms with E-state index in [1.54, 1.807) is 0 Å². The average molecular weight is 336 g/mol. The summed E-state index contributed by atoms with van der Waals surface area (Å²) in [5.41, 5.74) is 3.66. The molecule has 0 N–H and O–H groups in total. The molecular weight excluding hydrogens is 318 g/mol. The van der Waals surface area contributed by atoms with Crippen molar-refractivity contribution in [2.75, 3.05) is 0 Å². The maximum Gasteiger partial charge on any atom is 0.0954 e. The highest BCUT2D eigenvalue weighted by Gasteiger charge is 2.20. The molecule has 2 aromatic carbocycles. The van der Waals surface area contributed by atoms with E-state index in [9.17, 15) is 0 Å². The molecule has 4 aromatic rings. The van der Waals surface area contributed by atoms with Crippen LogP contribution in [0.3, 0.4) is 0 Å². The van der Waals surface area contributed by atoms with E-state index in [0.29, 0.717) is 0 Å². The lowest BCUT2D eigenvalue weighted by molar-refractivity contribution is 0.674. The van der Waals surface area contributed by atoms with Crippen molar-refractivity contribution in [3.05, 3.63) is 89.6 Å². The summed E-state index contributed by atoms with van der Waals surface area (Å²) in [6.07, 6.45) is 7.83. The van der Waals surface area contributed by atoms with Crippen LogP contribution >= 0.6 is 11.6 Å². The van der Waals surface area contributed by atoms with E-state index in [4.69, 9.17) is 11.6 Å². The van der Waals surface area contributed by atoms with Gasteiger partial charge in [0.05, 0.1) is 17.9 Å². The maximum atomic E-state index is 6.26. The molecule has 0 saturated carbocycles. The zero-order valence-corrected chi connectivity index (χ0v) is 14.2. The molecule has 2 heterocycles. The third kappa shape index (κ3) is 2.51. The summed E-state index contributed by atoms with van der Waals surface area (Å²) < 4.78 is 4.42. The number of hydrogen-bond acceptors (Lipinski definition) is 1. The summed E-state index contributed by atoms with van der Waals surface area (Å²) in [7, 11) is 0. The van der Waals surface area contributed by atoms with Crippen LogP contribution in [-0.2, 0) is 6.54 Å². The van der Waals surface area contributed by atoms with Gasteiger partial charge in [0.1, 0.15) is 0 Å². The second-order valence-electron chi connectivity index (χ2n) is 5.85. The van der Waals surface area contributed by atoms with Crippen LogP contribution in [0.25, 0.3) is 10.9 Å². The average Bonchev–Trinajstić information content (AvgIpc) is 3.25. The molecule has 0 aliphatic carbocycles. The lowest BCUT2D eigenvalue weighted by Crippen LogP contribution is -2.12. The van der Waals surface area contributed by atoms with E-state index in [1.165, 1.54) is 16.5 Å². The monoisotopic (exact) mass is 335 g/mol. The normalized spacial score (nSPS) is 12.6. The van der Waals surface area contributed by atoms with Crippen molar-refractivity contribution < 1.29 is 0 Å². The number of fused-ring (bicyclic) bond motifs is 1. The van der Waals surface area contributed by atoms with Gasteiger partial charge in [-0.1, -0.05) is 41.9 Å². The van der Waals surface area contributed by atoms with Crippen LogP contribution in [0.1, 0.15) is 24.1 Å². The Morgan fingerprint density at radius 1 is 1.08 bits per heavy atom. The Balaban J connectivity index is 2.00. The number of halogens is 1. The van der Waals surface area contributed by atoms with E-state index in [0.717, 1.165) is 17.1 Å². The standard InChI is InChI=1S/C20H18ClN3/c1-2-23-11-9-15-5-4-8-18(19(15)23)20(24-12-10-22-14-24)16-6-3-7-17(21)13-16/h3-14,20H,2H2,1H3. The first-order chi connectivity index (χ1) is 11.8. The van der Waals surface area contributed by atoms with E-state index >= 15 is 0 Å². The van der Waals surface area contributed by atoms with Gasteiger partial charge in [-0.05, 0) is 36.1 Å². The molecule has 120 valence electrons. The first-order valence-electron chi connectivity index (χ1n) is 8.08. The first kappa shape index (κ1) is 15.0. The fourth-order valence-corrected chi connectivity index (χ4v) is 3.58. The number of aromatic nitrogens is 3. The van der Waals surface area contributed by atoms with Gasteiger partial charge in [-0.25, -0.2) is 4.98 Å². The number of rotatable bonds is 4. The summed E-state index contributed by atoms with van der Waals surface area (Å²) in [5.74, 6) is 0. The Morgan fingerprint density at radius 2 is 1.96 bits per heavy atom. The minimum atomic E-state index is 0.0371. The van der Waals surface area contributed by atoms with Gasteiger partial charge in [0.25, 0.3) is 0 Å². The van der Waals surface area contributed by atoms with Crippen molar-refractivity contribution in [1.29, 1.82) is 0 Å². The minimum absolute atomic E-state index is 0.0371. The fourth-order valence-electron chi connectivity index (χ4n) is 3.39. The zero-order chi connectivity index (χ0) is 16.5. The van der Waals surface area contributed by atoms with Crippen LogP contribution in [0.15, 0.2) is 73.4 Å². The van der Waals surface area contributed by atoms with Gasteiger partial charge in [0, 0.05) is 35.7 Å². The Hall–Kier alpha value is -2.52. The smallest absolute Gasteiger partial charge is 0.0954 e. The van der Waals surface area contributed by atoms with E-state index in [1.807, 2.05) is 36.9 Å². The molecule has 24 heavy (non-hydrogen) atoms. The molecule has 1 atom stereocenters. The zero-order valence-electron chi connectivity index (χ0n) is 13.4. The van der Waals surface area contributed by atoms with Gasteiger partial charge >= 0.3 is 0 Å². The molecular formula is C20H18ClN3. The molecule has 0 radical (unpaired) electrons. The largest absolute Gasteiger partial charge is 0.347 e. The predicted molar refractivity (Wildman–Crippen MR) is 98.5 cm³/mol. The topological polar surface area (TPSA) is 22.8 Å². The first-order valence-corrected chi connectivity index (χ1v) is 8.46. The van der Waals surface area contributed by atoms with Crippen molar-refractivity contribution >= 4 is 22.5 Å². The Morgan fingerprint density at radius 3 is 2.71 bits per heavy atom. The van der Waals surface area contributed by atoms with Gasteiger partial charge in [-0.15, -0.1) is 0 Å². The Bertz CT molecular complexity index is 970. The molecule has 0 saturated heterocycles. The third-order valence-electron chi connectivity index (χ3n) is 4.44. The van der Waals surface area contributed by atoms with Crippen LogP contribution in [0.2, 0.25) is 5.02 Å². The van der Waals surface area contributed by atoms with Crippen molar-refractivity contribution in [3.8, 4) is 0 Å². The summed E-state index contributed by atoms with van der Waals surface area (Å²) in [5, 5.41) is 2.00. The highest BCUT2D eigenvalue weighted by Crippen LogP contribution is 2.33. The highest BCUT2D eigenvalue weighted by molar-refractivity contribution is 6.30. The molecule has 4 heteroatoms. The van der Waals surface area contributed by atoms with Crippen molar-refractivity contribution in [2.24, 2.45) is 0 Å². The summed E-state index contributed by atoms with van der Waals surface area (Å²) in [4.78, 5) is 4.25. The second kappa shape index (κ2) is 6.17. The number of benzene rings is 2. The van der Waals surface area contributed by atoms with Crippen LogP contribution in [0.5, 0.6) is 0 Å². The quantitative estimate of drug-likeness (QED) is 0.505. The van der Waals surface area contributed by atoms with Crippen LogP contribution in [-0.4, -0.2) is 14.1 Å². The molecule has 1 unspecified atom stereocenters. The maximum absolute atomic E-state index is 6.26. The van der Waals surface area contributed by atoms with Crippen LogP contribution in [0.4, 0.5) is 0 Å². The van der Waals surface area contributed by atoms with Gasteiger partial charge < -0.3 is 9.13 Å². The minimum Gasteiger partial charge on any atom is -0.347 e. The SMILES string of the molecule is CCn1ccc2cccc(C(c3cccc(Cl)c3)n3ccnc3)c21. The summed E-state index contributed by atoms with van der Waals surface area (Å²) >= 11 is 6.26. The Kier molecular flexibility index (Phi) is 3.87. The Labute approximate surface area is 146 Å². The molecule has 2 aromatic heterocycles.